The summed E-state index contributed by atoms with van der Waals surface area (Å²) in [6.45, 7) is 21.2. The molecular formula is C54H68N4O22S6. The van der Waals surface area contributed by atoms with Gasteiger partial charge in [0.1, 0.15) is 29.3 Å². The highest BCUT2D eigenvalue weighted by molar-refractivity contribution is 7.86. The van der Waals surface area contributed by atoms with Gasteiger partial charge in [0.2, 0.25) is 5.69 Å². The fourth-order valence-electron chi connectivity index (χ4n) is 8.55. The van der Waals surface area contributed by atoms with Crippen molar-refractivity contribution in [3.05, 3.63) is 94.6 Å². The summed E-state index contributed by atoms with van der Waals surface area (Å²) in [6.07, 6.45) is 5.43. The number of benzene rings is 2. The lowest BCUT2D eigenvalue weighted by molar-refractivity contribution is -0.438. The van der Waals surface area contributed by atoms with Gasteiger partial charge in [0.15, 0.2) is 28.8 Å². The minimum absolute atomic E-state index is 0.0180. The summed E-state index contributed by atoms with van der Waals surface area (Å²) in [7, 11) is -19.8. The van der Waals surface area contributed by atoms with Crippen molar-refractivity contribution >= 4 is 109 Å². The lowest BCUT2D eigenvalue weighted by atomic mass is 9.81. The zero-order valence-electron chi connectivity index (χ0n) is 48.9. The fraction of sp³-hybridized carbons (Fsp3) is 0.481. The zero-order valence-corrected chi connectivity index (χ0v) is 53.8. The summed E-state index contributed by atoms with van der Waals surface area (Å²) in [5.74, 6) is -0.390. The number of hydrogen-bond donors (Lipinski definition) is 0. The van der Waals surface area contributed by atoms with E-state index in [2.05, 4.69) is 70.5 Å². The van der Waals surface area contributed by atoms with E-state index in [0.29, 0.717) is 80.9 Å². The number of nitrogens with zero attached hydrogens (tertiary/aromatic N) is 4. The standard InChI is InChI=1S/C27H34N2O5S.C24H28N2O2.C3H6O3S.4O3S/c1-6-9-25(30)22-16-20(17-23(28-22)26(31)10-7-2)19-11-12-24-21(15-19)27(4,5)18(3)29(24)13-8-14-35(32,33)34;1-6-8-22(27)20-13-17(14-21(26-20)23(28)9-7-2)16-10-11-19-18(12-16)24(4,5)15(3)25-19;4-7(5)3-1-2-6-7;4*1-4(2)3/h11-12,15-17H,6-10,13-14H2,1-5H3;10-14H,6-9H2,1-5H3;1-3H2;;;;. The van der Waals surface area contributed by atoms with Crippen molar-refractivity contribution in [3.8, 4) is 22.3 Å². The van der Waals surface area contributed by atoms with Crippen LogP contribution in [-0.4, -0.2) is 146 Å². The van der Waals surface area contributed by atoms with Crippen molar-refractivity contribution in [3.63, 3.8) is 0 Å². The van der Waals surface area contributed by atoms with E-state index >= 15 is 0 Å². The molecule has 2 aromatic heterocycles. The van der Waals surface area contributed by atoms with Gasteiger partial charge in [0, 0.05) is 67.5 Å². The van der Waals surface area contributed by atoms with E-state index in [0.717, 1.165) is 63.5 Å². The predicted molar refractivity (Wildman–Crippen MR) is 313 cm³/mol. The third-order valence-electron chi connectivity index (χ3n) is 13.1. The molecule has 32 heteroatoms. The number of carbonyl (C=O) groups excluding carboxylic acids is 4. The molecule has 0 amide bonds. The Balaban J connectivity index is 0.000000635. The van der Waals surface area contributed by atoms with Gasteiger partial charge in [0.05, 0.1) is 33.6 Å². The number of rotatable bonds is 18. The lowest BCUT2D eigenvalue weighted by Gasteiger charge is -2.20. The van der Waals surface area contributed by atoms with Crippen LogP contribution in [0.4, 0.5) is 11.4 Å². The topological polar surface area (TPSA) is 415 Å². The summed E-state index contributed by atoms with van der Waals surface area (Å²) in [5.41, 5.74) is 10.8. The highest BCUT2D eigenvalue weighted by Gasteiger charge is 2.43. The summed E-state index contributed by atoms with van der Waals surface area (Å²) < 4.78 is 161. The first-order valence-electron chi connectivity index (χ1n) is 26.3. The Morgan fingerprint density at radius 3 is 1.24 bits per heavy atom. The van der Waals surface area contributed by atoms with Crippen LogP contribution < -0.4 is 0 Å². The second kappa shape index (κ2) is 35.6. The molecule has 0 bridgehead atoms. The summed E-state index contributed by atoms with van der Waals surface area (Å²) >= 11 is 0. The van der Waals surface area contributed by atoms with Crippen LogP contribution in [0.25, 0.3) is 22.3 Å². The molecule has 0 atom stereocenters. The molecule has 4 aromatic rings. The highest BCUT2D eigenvalue weighted by Crippen LogP contribution is 2.43. The van der Waals surface area contributed by atoms with Crippen molar-refractivity contribution in [2.75, 3.05) is 24.7 Å². The van der Waals surface area contributed by atoms with E-state index in [1.54, 1.807) is 12.1 Å². The van der Waals surface area contributed by atoms with Crippen LogP contribution in [0.5, 0.6) is 0 Å². The number of aromatic nitrogens is 2. The molecule has 0 saturated carbocycles. The first kappa shape index (κ1) is 77.1. The van der Waals surface area contributed by atoms with Crippen molar-refractivity contribution in [2.24, 2.45) is 4.99 Å². The van der Waals surface area contributed by atoms with E-state index < -0.39 is 68.4 Å². The van der Waals surface area contributed by atoms with Gasteiger partial charge in [-0.3, -0.25) is 28.4 Å². The number of Topliss-reactive ketones (excluding diaryl/α,β-unsaturated/α-hetero) is 4. The molecule has 26 nitrogen and oxygen atoms in total. The molecule has 3 aliphatic heterocycles. The van der Waals surface area contributed by atoms with Crippen LogP contribution in [0.3, 0.4) is 0 Å². The average Bonchev–Trinajstić information content (AvgIpc) is 1.91. The predicted octanol–water partition coefficient (Wildman–Crippen LogP) is 6.86. The number of ketones is 4. The third-order valence-corrected chi connectivity index (χ3v) is 15.2. The fourth-order valence-corrected chi connectivity index (χ4v) is 9.99. The molecule has 1 fully saturated rings. The molecule has 0 unspecified atom stereocenters. The number of hydrogen-bond acceptors (Lipinski definition) is 25. The molecule has 2 aromatic carbocycles. The van der Waals surface area contributed by atoms with Crippen LogP contribution in [0.2, 0.25) is 0 Å². The van der Waals surface area contributed by atoms with Crippen molar-refractivity contribution in [1.29, 1.82) is 0 Å². The van der Waals surface area contributed by atoms with Crippen molar-refractivity contribution < 1.29 is 99.8 Å². The molecule has 0 N–H and O–H groups in total. The first-order chi connectivity index (χ1) is 39.8. The van der Waals surface area contributed by atoms with E-state index in [1.807, 2.05) is 71.0 Å². The maximum absolute atomic E-state index is 12.7. The van der Waals surface area contributed by atoms with Crippen molar-refractivity contribution in [2.45, 2.75) is 144 Å². The third kappa shape index (κ3) is 26.0. The number of carbonyl (C=O) groups is 4. The molecule has 5 heterocycles. The number of aliphatic imine (C=N–C) groups is 1. The second-order valence-corrected chi connectivity index (χ2v) is 24.9. The molecule has 7 rings (SSSR count). The largest absolute Gasteiger partial charge is 0.748 e. The SMILES string of the molecule is CCCC(=O)c1cc(-c2ccc3c(c2)C(C)(C)C(C)=N3)cc(C(=O)CCC)n1.CCCC(=O)c1cc(-c2ccc3c(c2)C(C)(C)C(C)=[N+]3CCCS(=O)(=O)[O-])cc(C(=O)CCC)n1.O=S(=O)=O.O=S(=O)=O.O=S(=O)=O.O=S(=O)=O.O=S1(=O)CCCO1. The zero-order chi connectivity index (χ0) is 66.1. The van der Waals surface area contributed by atoms with E-state index in [1.165, 1.54) is 5.56 Å². The Hall–Kier alpha value is -6.94. The number of fused-ring (bicyclic) bond motifs is 2. The van der Waals surface area contributed by atoms with Crippen molar-refractivity contribution in [1.82, 2.24) is 9.97 Å². The van der Waals surface area contributed by atoms with Gasteiger partial charge in [-0.1, -0.05) is 47.6 Å². The molecule has 0 aliphatic carbocycles. The summed E-state index contributed by atoms with van der Waals surface area (Å²) in [4.78, 5) is 63.8. The Labute approximate surface area is 506 Å². The Morgan fingerprint density at radius 2 is 0.930 bits per heavy atom. The quantitative estimate of drug-likeness (QED) is 0.0424. The summed E-state index contributed by atoms with van der Waals surface area (Å²) in [6, 6.07) is 19.3. The first-order valence-corrected chi connectivity index (χ1v) is 33.5. The van der Waals surface area contributed by atoms with Gasteiger partial charge in [-0.25, -0.2) is 18.4 Å². The molecule has 472 valence electrons. The Kier molecular flexibility index (Phi) is 31.9. The Bertz CT molecular complexity index is 3720. The van der Waals surface area contributed by atoms with Gasteiger partial charge in [-0.15, -0.1) is 50.5 Å². The van der Waals surface area contributed by atoms with Crippen LogP contribution in [-0.2, 0) is 77.7 Å². The van der Waals surface area contributed by atoms with Gasteiger partial charge in [0.25, 0.3) is 10.1 Å². The van der Waals surface area contributed by atoms with E-state index in [4.69, 9.17) is 50.5 Å². The van der Waals surface area contributed by atoms with Gasteiger partial charge < -0.3 is 4.55 Å². The number of pyridine rings is 2. The minimum atomic E-state index is -4.26. The van der Waals surface area contributed by atoms with Gasteiger partial charge in [-0.2, -0.15) is 13.0 Å². The highest BCUT2D eigenvalue weighted by atomic mass is 32.2. The summed E-state index contributed by atoms with van der Waals surface area (Å²) in [5, 5.41) is 0. The Morgan fingerprint density at radius 1 is 0.570 bits per heavy atom. The van der Waals surface area contributed by atoms with Crippen LogP contribution >= 0.6 is 0 Å². The molecule has 0 spiro atoms. The molecule has 1 saturated heterocycles. The maximum Gasteiger partial charge on any atom is 0.425 e. The van der Waals surface area contributed by atoms with E-state index in [9.17, 15) is 40.6 Å². The maximum atomic E-state index is 12.7. The second-order valence-electron chi connectivity index (χ2n) is 20.0. The van der Waals surface area contributed by atoms with Crippen LogP contribution in [0, 0.1) is 0 Å². The minimum Gasteiger partial charge on any atom is -0.748 e. The van der Waals surface area contributed by atoms with Crippen LogP contribution in [0.15, 0.2) is 65.7 Å². The van der Waals surface area contributed by atoms with Crippen LogP contribution in [0.1, 0.15) is 187 Å². The molecule has 86 heavy (non-hydrogen) atoms. The smallest absolute Gasteiger partial charge is 0.425 e. The monoisotopic (exact) mass is 1320 g/mol. The lowest BCUT2D eigenvalue weighted by Crippen LogP contribution is -2.27. The molecular weight excluding hydrogens is 1250 g/mol. The average molecular weight is 1320 g/mol. The molecule has 3 aliphatic rings. The van der Waals surface area contributed by atoms with Gasteiger partial charge >= 0.3 is 42.4 Å². The van der Waals surface area contributed by atoms with E-state index in [-0.39, 0.29) is 46.1 Å². The van der Waals surface area contributed by atoms with Gasteiger partial charge in [-0.05, 0) is 129 Å². The molecule has 0 radical (unpaired) electrons. The normalized spacial score (nSPS) is 14.2.